The number of hydrogen-bond acceptors (Lipinski definition) is 5. The van der Waals surface area contributed by atoms with E-state index in [2.05, 4.69) is 26.9 Å². The molecule has 24 heavy (non-hydrogen) atoms. The van der Waals surface area contributed by atoms with Gasteiger partial charge in [0.2, 0.25) is 5.91 Å². The first-order chi connectivity index (χ1) is 11.4. The van der Waals surface area contributed by atoms with Gasteiger partial charge in [-0.1, -0.05) is 6.92 Å². The Labute approximate surface area is 147 Å². The average molecular weight is 341 g/mol. The number of hydrogen-bond donors (Lipinski definition) is 2. The third-order valence-electron chi connectivity index (χ3n) is 5.10. The maximum absolute atomic E-state index is 11.8. The minimum atomic E-state index is -0.269. The molecule has 0 aromatic rings. The van der Waals surface area contributed by atoms with Crippen molar-refractivity contribution >= 4 is 5.91 Å². The Morgan fingerprint density at radius 3 is 2.04 bits per heavy atom. The van der Waals surface area contributed by atoms with Crippen molar-refractivity contribution in [3.05, 3.63) is 0 Å². The lowest BCUT2D eigenvalue weighted by atomic mass is 9.99. The molecule has 2 heterocycles. The highest BCUT2D eigenvalue weighted by molar-refractivity contribution is 5.78. The summed E-state index contributed by atoms with van der Waals surface area (Å²) in [6.07, 6.45) is 2.24. The predicted octanol–water partition coefficient (Wildman–Crippen LogP) is 0.221. The van der Waals surface area contributed by atoms with Crippen molar-refractivity contribution in [1.82, 2.24) is 20.0 Å². The van der Waals surface area contributed by atoms with E-state index in [0.29, 0.717) is 6.54 Å². The van der Waals surface area contributed by atoms with Gasteiger partial charge in [-0.3, -0.25) is 14.6 Å². The van der Waals surface area contributed by atoms with Gasteiger partial charge in [-0.05, 0) is 45.7 Å². The Bertz CT molecular complexity index is 375. The molecule has 0 aliphatic carbocycles. The van der Waals surface area contributed by atoms with E-state index in [9.17, 15) is 9.90 Å². The van der Waals surface area contributed by atoms with Crippen molar-refractivity contribution in [1.29, 1.82) is 0 Å². The molecule has 2 rings (SSSR count). The first-order valence-corrected chi connectivity index (χ1v) is 9.57. The van der Waals surface area contributed by atoms with Crippen LogP contribution in [-0.2, 0) is 4.79 Å². The Hall–Kier alpha value is -0.690. The van der Waals surface area contributed by atoms with Crippen molar-refractivity contribution in [3.8, 4) is 0 Å². The molecule has 6 nitrogen and oxygen atoms in total. The molecule has 2 fully saturated rings. The van der Waals surface area contributed by atoms with E-state index in [1.165, 1.54) is 12.8 Å². The number of aliphatic hydroxyl groups excluding tert-OH is 1. The minimum Gasteiger partial charge on any atom is -0.390 e. The number of carbonyl (C=O) groups excluding carboxylic acids is 1. The minimum absolute atomic E-state index is 0.109. The summed E-state index contributed by atoms with van der Waals surface area (Å²) in [5, 5.41) is 13.3. The van der Waals surface area contributed by atoms with Crippen LogP contribution in [0.4, 0.5) is 0 Å². The van der Waals surface area contributed by atoms with E-state index in [1.54, 1.807) is 0 Å². The lowest BCUT2D eigenvalue weighted by Gasteiger charge is -2.37. The van der Waals surface area contributed by atoms with Crippen LogP contribution in [0.5, 0.6) is 0 Å². The smallest absolute Gasteiger partial charge is 0.234 e. The highest BCUT2D eigenvalue weighted by atomic mass is 16.3. The fraction of sp³-hybridized carbons (Fsp3) is 0.944. The molecule has 1 atom stereocenters. The predicted molar refractivity (Wildman–Crippen MR) is 97.0 cm³/mol. The van der Waals surface area contributed by atoms with Crippen LogP contribution < -0.4 is 5.32 Å². The molecule has 2 aliphatic rings. The zero-order chi connectivity index (χ0) is 17.5. The fourth-order valence-corrected chi connectivity index (χ4v) is 3.60. The molecule has 0 spiro atoms. The van der Waals surface area contributed by atoms with Crippen molar-refractivity contribution in [2.24, 2.45) is 5.92 Å². The number of likely N-dealkylation sites (tertiary alicyclic amines) is 1. The monoisotopic (exact) mass is 340 g/mol. The van der Waals surface area contributed by atoms with E-state index in [1.807, 2.05) is 13.8 Å². The van der Waals surface area contributed by atoms with Crippen LogP contribution in [0, 0.1) is 5.92 Å². The Morgan fingerprint density at radius 2 is 1.50 bits per heavy atom. The molecule has 2 N–H and O–H groups in total. The van der Waals surface area contributed by atoms with Crippen LogP contribution >= 0.6 is 0 Å². The van der Waals surface area contributed by atoms with Gasteiger partial charge in [0.05, 0.1) is 12.6 Å². The van der Waals surface area contributed by atoms with E-state index < -0.39 is 0 Å². The summed E-state index contributed by atoms with van der Waals surface area (Å²) in [6.45, 7) is 14.2. The molecular formula is C18H36N4O2. The van der Waals surface area contributed by atoms with Gasteiger partial charge >= 0.3 is 0 Å². The van der Waals surface area contributed by atoms with Crippen LogP contribution in [0.3, 0.4) is 0 Å². The Kier molecular flexibility index (Phi) is 7.94. The highest BCUT2D eigenvalue weighted by Gasteiger charge is 2.23. The molecule has 140 valence electrons. The van der Waals surface area contributed by atoms with E-state index >= 15 is 0 Å². The zero-order valence-electron chi connectivity index (χ0n) is 15.7. The van der Waals surface area contributed by atoms with Gasteiger partial charge in [0.1, 0.15) is 0 Å². The zero-order valence-corrected chi connectivity index (χ0v) is 15.7. The summed E-state index contributed by atoms with van der Waals surface area (Å²) in [5.41, 5.74) is 0. The van der Waals surface area contributed by atoms with Crippen LogP contribution in [0.25, 0.3) is 0 Å². The average Bonchev–Trinajstić information content (AvgIpc) is 2.51. The number of piperazine rings is 1. The lowest BCUT2D eigenvalue weighted by molar-refractivity contribution is -0.123. The summed E-state index contributed by atoms with van der Waals surface area (Å²) in [7, 11) is 0. The van der Waals surface area contributed by atoms with Gasteiger partial charge in [-0.15, -0.1) is 0 Å². The van der Waals surface area contributed by atoms with Crippen molar-refractivity contribution < 1.29 is 9.90 Å². The van der Waals surface area contributed by atoms with Crippen molar-refractivity contribution in [2.75, 3.05) is 58.9 Å². The first kappa shape index (κ1) is 19.6. The number of piperidine rings is 1. The Morgan fingerprint density at radius 1 is 1.00 bits per heavy atom. The molecular weight excluding hydrogens is 304 g/mol. The summed E-state index contributed by atoms with van der Waals surface area (Å²) in [6, 6.07) is 0.201. The maximum atomic E-state index is 11.8. The van der Waals surface area contributed by atoms with Crippen LogP contribution in [0.15, 0.2) is 0 Å². The lowest BCUT2D eigenvalue weighted by Crippen LogP contribution is -2.52. The number of β-amino-alcohol motifs (C(OH)–C–C–N with tert-alkyl or cyclic N) is 1. The Balaban J connectivity index is 1.61. The van der Waals surface area contributed by atoms with E-state index in [-0.39, 0.29) is 18.1 Å². The summed E-state index contributed by atoms with van der Waals surface area (Å²) in [5.74, 6) is 0.942. The number of rotatable bonds is 7. The fourth-order valence-electron chi connectivity index (χ4n) is 3.60. The van der Waals surface area contributed by atoms with Crippen molar-refractivity contribution in [3.63, 3.8) is 0 Å². The number of amides is 1. The van der Waals surface area contributed by atoms with Gasteiger partial charge in [-0.25, -0.2) is 0 Å². The molecule has 2 saturated heterocycles. The second-order valence-electron chi connectivity index (χ2n) is 7.94. The van der Waals surface area contributed by atoms with Gasteiger partial charge in [-0.2, -0.15) is 0 Å². The number of nitrogens with one attached hydrogen (secondary N) is 1. The quantitative estimate of drug-likeness (QED) is 0.694. The molecule has 1 amide bonds. The van der Waals surface area contributed by atoms with E-state index in [4.69, 9.17) is 0 Å². The molecule has 1 unspecified atom stereocenters. The summed E-state index contributed by atoms with van der Waals surface area (Å²) < 4.78 is 0. The molecule has 0 aromatic heterocycles. The first-order valence-electron chi connectivity index (χ1n) is 9.57. The van der Waals surface area contributed by atoms with Gasteiger partial charge in [0.25, 0.3) is 0 Å². The normalized spacial score (nSPS) is 23.5. The van der Waals surface area contributed by atoms with Crippen LogP contribution in [0.1, 0.15) is 33.6 Å². The van der Waals surface area contributed by atoms with E-state index in [0.717, 1.165) is 58.3 Å². The van der Waals surface area contributed by atoms with Crippen molar-refractivity contribution in [2.45, 2.75) is 45.8 Å². The number of aliphatic hydroxyl groups is 1. The van der Waals surface area contributed by atoms with Gasteiger partial charge in [0, 0.05) is 45.3 Å². The standard InChI is InChI=1S/C18H36N4O2/c1-15(2)19-18(24)14-22-10-8-21(9-11-22)13-17(23)12-20-6-4-16(3)5-7-20/h15-17,23H,4-14H2,1-3H3,(H,19,24). The third-order valence-corrected chi connectivity index (χ3v) is 5.10. The molecule has 0 radical (unpaired) electrons. The largest absolute Gasteiger partial charge is 0.390 e. The maximum Gasteiger partial charge on any atom is 0.234 e. The summed E-state index contributed by atoms with van der Waals surface area (Å²) >= 11 is 0. The second-order valence-corrected chi connectivity index (χ2v) is 7.94. The van der Waals surface area contributed by atoms with Crippen LogP contribution in [-0.4, -0.2) is 96.8 Å². The topological polar surface area (TPSA) is 59.1 Å². The molecule has 0 bridgehead atoms. The second kappa shape index (κ2) is 9.70. The van der Waals surface area contributed by atoms with Gasteiger partial charge in [0.15, 0.2) is 0 Å². The molecule has 0 saturated carbocycles. The third kappa shape index (κ3) is 7.05. The number of carbonyl (C=O) groups is 1. The SMILES string of the molecule is CC1CCN(CC(O)CN2CCN(CC(=O)NC(C)C)CC2)CC1. The van der Waals surface area contributed by atoms with Crippen LogP contribution in [0.2, 0.25) is 0 Å². The number of nitrogens with zero attached hydrogens (tertiary/aromatic N) is 3. The highest BCUT2D eigenvalue weighted by Crippen LogP contribution is 2.16. The van der Waals surface area contributed by atoms with Gasteiger partial charge < -0.3 is 15.3 Å². The molecule has 6 heteroatoms. The molecule has 2 aliphatic heterocycles. The summed E-state index contributed by atoms with van der Waals surface area (Å²) in [4.78, 5) is 18.7. The molecule has 0 aromatic carbocycles.